The molecule has 1 aliphatic rings. The second-order valence-electron chi connectivity index (χ2n) is 6.56. The second-order valence-corrected chi connectivity index (χ2v) is 6.56. The molecule has 0 aromatic heterocycles. The molecular weight excluding hydrogens is 236 g/mol. The predicted molar refractivity (Wildman–Crippen MR) is 78.7 cm³/mol. The van der Waals surface area contributed by atoms with Crippen LogP contribution in [0, 0.1) is 12.0 Å². The third-order valence-corrected chi connectivity index (χ3v) is 3.40. The van der Waals surface area contributed by atoms with E-state index < -0.39 is 0 Å². The Morgan fingerprint density at radius 1 is 1.42 bits per heavy atom. The van der Waals surface area contributed by atoms with Gasteiger partial charge in [0.25, 0.3) is 0 Å². The third kappa shape index (κ3) is 3.48. The second kappa shape index (κ2) is 5.22. The van der Waals surface area contributed by atoms with Crippen LogP contribution in [0.25, 0.3) is 4.85 Å². The maximum Gasteiger partial charge on any atom is 0.210 e. The first-order valence-electron chi connectivity index (χ1n) is 6.82. The lowest BCUT2D eigenvalue weighted by atomic mass is 9.88. The van der Waals surface area contributed by atoms with Crippen molar-refractivity contribution in [2.75, 3.05) is 18.0 Å². The van der Waals surface area contributed by atoms with Crippen molar-refractivity contribution in [2.24, 2.45) is 5.41 Å². The average molecular weight is 258 g/mol. The molecule has 0 amide bonds. The highest BCUT2D eigenvalue weighted by Gasteiger charge is 2.22. The maximum absolute atomic E-state index is 9.61. The van der Waals surface area contributed by atoms with Gasteiger partial charge in [0.1, 0.15) is 0 Å². The Morgan fingerprint density at radius 2 is 2.16 bits per heavy atom. The molecule has 1 saturated heterocycles. The van der Waals surface area contributed by atoms with Crippen LogP contribution in [0.5, 0.6) is 0 Å². The molecule has 1 unspecified atom stereocenters. The number of rotatable bonds is 2. The van der Waals surface area contributed by atoms with E-state index in [2.05, 4.69) is 36.6 Å². The molecule has 1 fully saturated rings. The van der Waals surface area contributed by atoms with E-state index in [0.717, 1.165) is 25.1 Å². The van der Waals surface area contributed by atoms with Gasteiger partial charge in [-0.2, -0.15) is 0 Å². The van der Waals surface area contributed by atoms with Gasteiger partial charge in [-0.15, -0.1) is 0 Å². The van der Waals surface area contributed by atoms with Crippen LogP contribution in [0.15, 0.2) is 18.2 Å². The standard InChI is InChI=1S/C16H22N2O/c1-16(2,3)10-12-5-6-15(14(9-12)17-4)18-8-7-13(19)11-18/h5-6,9,13,19H,7-8,10-11H2,1-3H3. The average Bonchev–Trinajstić information content (AvgIpc) is 2.73. The molecule has 3 heteroatoms. The smallest absolute Gasteiger partial charge is 0.210 e. The van der Waals surface area contributed by atoms with E-state index in [-0.39, 0.29) is 11.5 Å². The van der Waals surface area contributed by atoms with E-state index in [1.165, 1.54) is 5.56 Å². The predicted octanol–water partition coefficient (Wildman–Crippen LogP) is 3.40. The summed E-state index contributed by atoms with van der Waals surface area (Å²) in [5.74, 6) is 0. The Bertz CT molecular complexity index is 496. The molecule has 0 saturated carbocycles. The van der Waals surface area contributed by atoms with E-state index in [1.807, 2.05) is 12.1 Å². The Labute approximate surface area is 115 Å². The number of benzene rings is 1. The summed E-state index contributed by atoms with van der Waals surface area (Å²) in [4.78, 5) is 5.77. The Kier molecular flexibility index (Phi) is 3.82. The number of hydrogen-bond acceptors (Lipinski definition) is 2. The van der Waals surface area contributed by atoms with Crippen LogP contribution in [-0.2, 0) is 6.42 Å². The Balaban J connectivity index is 2.25. The fraction of sp³-hybridized carbons (Fsp3) is 0.562. The molecule has 1 aromatic rings. The summed E-state index contributed by atoms with van der Waals surface area (Å²) in [7, 11) is 0. The van der Waals surface area contributed by atoms with Gasteiger partial charge in [0.05, 0.1) is 12.7 Å². The lowest BCUT2D eigenvalue weighted by Gasteiger charge is -2.22. The van der Waals surface area contributed by atoms with Crippen molar-refractivity contribution in [3.8, 4) is 0 Å². The molecule has 1 aromatic carbocycles. The zero-order valence-electron chi connectivity index (χ0n) is 12.0. The molecule has 1 N–H and O–H groups in total. The van der Waals surface area contributed by atoms with Crippen LogP contribution in [0.2, 0.25) is 0 Å². The van der Waals surface area contributed by atoms with Gasteiger partial charge in [-0.3, -0.25) is 0 Å². The number of aliphatic hydroxyl groups excluding tert-OH is 1. The highest BCUT2D eigenvalue weighted by Crippen LogP contribution is 2.34. The van der Waals surface area contributed by atoms with Crippen LogP contribution in [-0.4, -0.2) is 24.3 Å². The van der Waals surface area contributed by atoms with Crippen molar-refractivity contribution in [1.29, 1.82) is 0 Å². The Hall–Kier alpha value is -1.53. The van der Waals surface area contributed by atoms with Crippen LogP contribution >= 0.6 is 0 Å². The molecule has 1 atom stereocenters. The molecule has 0 spiro atoms. The van der Waals surface area contributed by atoms with Gasteiger partial charge in [0, 0.05) is 18.8 Å². The van der Waals surface area contributed by atoms with Crippen molar-refractivity contribution in [3.05, 3.63) is 35.2 Å². The normalized spacial score (nSPS) is 19.5. The van der Waals surface area contributed by atoms with Crippen molar-refractivity contribution in [2.45, 2.75) is 39.7 Å². The van der Waals surface area contributed by atoms with Gasteiger partial charge in [0.15, 0.2) is 0 Å². The third-order valence-electron chi connectivity index (χ3n) is 3.40. The number of anilines is 1. The first-order chi connectivity index (χ1) is 8.89. The number of nitrogens with zero attached hydrogens (tertiary/aromatic N) is 2. The molecule has 102 valence electrons. The van der Waals surface area contributed by atoms with E-state index in [1.54, 1.807) is 0 Å². The van der Waals surface area contributed by atoms with Gasteiger partial charge in [-0.05, 0) is 24.3 Å². The summed E-state index contributed by atoms with van der Waals surface area (Å²) in [6.07, 6.45) is 1.51. The van der Waals surface area contributed by atoms with Crippen molar-refractivity contribution < 1.29 is 5.11 Å². The maximum atomic E-state index is 9.61. The van der Waals surface area contributed by atoms with E-state index >= 15 is 0 Å². The minimum absolute atomic E-state index is 0.227. The molecule has 3 nitrogen and oxygen atoms in total. The molecule has 0 aliphatic carbocycles. The molecule has 19 heavy (non-hydrogen) atoms. The van der Waals surface area contributed by atoms with Gasteiger partial charge in [0.2, 0.25) is 5.69 Å². The number of β-amino-alcohol motifs (C(OH)–C–C–N with tert-alkyl or cyclic N) is 1. The first kappa shape index (κ1) is 13.9. The summed E-state index contributed by atoms with van der Waals surface area (Å²) >= 11 is 0. The fourth-order valence-corrected chi connectivity index (χ4v) is 2.61. The van der Waals surface area contributed by atoms with Gasteiger partial charge < -0.3 is 10.0 Å². The number of aliphatic hydroxyl groups is 1. The molecule has 0 radical (unpaired) electrons. The van der Waals surface area contributed by atoms with Crippen molar-refractivity contribution in [1.82, 2.24) is 0 Å². The highest BCUT2D eigenvalue weighted by atomic mass is 16.3. The van der Waals surface area contributed by atoms with Gasteiger partial charge in [-0.1, -0.05) is 38.5 Å². The largest absolute Gasteiger partial charge is 0.391 e. The topological polar surface area (TPSA) is 27.8 Å². The minimum atomic E-state index is -0.257. The molecular formula is C16H22N2O. The van der Waals surface area contributed by atoms with Crippen LogP contribution in [0.4, 0.5) is 11.4 Å². The Morgan fingerprint density at radius 3 is 2.68 bits per heavy atom. The van der Waals surface area contributed by atoms with E-state index in [9.17, 15) is 5.11 Å². The van der Waals surface area contributed by atoms with Crippen molar-refractivity contribution >= 4 is 11.4 Å². The van der Waals surface area contributed by atoms with E-state index in [0.29, 0.717) is 12.2 Å². The lowest BCUT2D eigenvalue weighted by molar-refractivity contribution is 0.198. The summed E-state index contributed by atoms with van der Waals surface area (Å²) in [5.41, 5.74) is 3.10. The van der Waals surface area contributed by atoms with Crippen LogP contribution in [0.3, 0.4) is 0 Å². The minimum Gasteiger partial charge on any atom is -0.391 e. The van der Waals surface area contributed by atoms with Crippen LogP contribution in [0.1, 0.15) is 32.8 Å². The van der Waals surface area contributed by atoms with Crippen LogP contribution < -0.4 is 4.90 Å². The molecule has 1 aliphatic heterocycles. The highest BCUT2D eigenvalue weighted by molar-refractivity contribution is 5.72. The summed E-state index contributed by atoms with van der Waals surface area (Å²) < 4.78 is 0. The van der Waals surface area contributed by atoms with Gasteiger partial charge >= 0.3 is 0 Å². The quantitative estimate of drug-likeness (QED) is 0.823. The number of hydrogen-bond donors (Lipinski definition) is 1. The summed E-state index contributed by atoms with van der Waals surface area (Å²) in [6, 6.07) is 6.14. The SMILES string of the molecule is [C-]#[N+]c1cc(CC(C)(C)C)ccc1N1CCC(O)C1. The molecule has 1 heterocycles. The fourth-order valence-electron chi connectivity index (χ4n) is 2.61. The van der Waals surface area contributed by atoms with Crippen molar-refractivity contribution in [3.63, 3.8) is 0 Å². The monoisotopic (exact) mass is 258 g/mol. The lowest BCUT2D eigenvalue weighted by Crippen LogP contribution is -2.21. The zero-order chi connectivity index (χ0) is 14.0. The first-order valence-corrected chi connectivity index (χ1v) is 6.82. The molecule has 0 bridgehead atoms. The summed E-state index contributed by atoms with van der Waals surface area (Å²) in [5, 5.41) is 9.61. The molecule has 2 rings (SSSR count). The van der Waals surface area contributed by atoms with E-state index in [4.69, 9.17) is 6.57 Å². The zero-order valence-corrected chi connectivity index (χ0v) is 12.0. The van der Waals surface area contributed by atoms with Gasteiger partial charge in [-0.25, -0.2) is 4.85 Å². The summed E-state index contributed by atoms with van der Waals surface area (Å²) in [6.45, 7) is 15.4.